The molecule has 0 saturated heterocycles. The van der Waals surface area contributed by atoms with Crippen molar-refractivity contribution in [1.82, 2.24) is 19.7 Å². The highest BCUT2D eigenvalue weighted by Gasteiger charge is 2.34. The molecule has 1 heterocycles. The maximum atomic E-state index is 13.0. The Balaban J connectivity index is 1.61. The van der Waals surface area contributed by atoms with Gasteiger partial charge in [-0.25, -0.2) is 4.79 Å². The molecule has 1 fully saturated rings. The van der Waals surface area contributed by atoms with Gasteiger partial charge in [0, 0.05) is 38.1 Å². The first-order valence-corrected chi connectivity index (χ1v) is 9.65. The second-order valence-corrected chi connectivity index (χ2v) is 7.18. The van der Waals surface area contributed by atoms with Crippen LogP contribution in [0.4, 0.5) is 4.79 Å². The van der Waals surface area contributed by atoms with E-state index in [1.165, 1.54) is 4.90 Å². The van der Waals surface area contributed by atoms with Crippen LogP contribution in [0, 0.1) is 0 Å². The molecule has 1 aliphatic rings. The summed E-state index contributed by atoms with van der Waals surface area (Å²) in [7, 11) is 1.98. The van der Waals surface area contributed by atoms with E-state index in [1.54, 1.807) is 6.08 Å². The third-order valence-electron chi connectivity index (χ3n) is 4.94. The Bertz CT molecular complexity index is 811. The highest BCUT2D eigenvalue weighted by molar-refractivity contribution is 5.84. The van der Waals surface area contributed by atoms with Crippen LogP contribution in [-0.2, 0) is 24.9 Å². The van der Waals surface area contributed by atoms with Crippen molar-refractivity contribution in [2.75, 3.05) is 13.1 Å². The number of rotatable bonds is 9. The van der Waals surface area contributed by atoms with E-state index < -0.39 is 0 Å². The van der Waals surface area contributed by atoms with Gasteiger partial charge in [-0.2, -0.15) is 0 Å². The van der Waals surface area contributed by atoms with E-state index in [-0.39, 0.29) is 24.5 Å². The van der Waals surface area contributed by atoms with Gasteiger partial charge in [-0.15, -0.1) is 6.58 Å². The molecule has 1 N–H and O–H groups in total. The zero-order chi connectivity index (χ0) is 19.9. The first kappa shape index (κ1) is 19.7. The van der Waals surface area contributed by atoms with Crippen molar-refractivity contribution in [3.63, 3.8) is 0 Å². The summed E-state index contributed by atoms with van der Waals surface area (Å²) in [6, 6.07) is 13.7. The fourth-order valence-corrected chi connectivity index (χ4v) is 3.16. The van der Waals surface area contributed by atoms with E-state index in [0.29, 0.717) is 19.6 Å². The predicted octanol–water partition coefficient (Wildman–Crippen LogP) is 2.91. The van der Waals surface area contributed by atoms with Crippen LogP contribution in [-0.4, -0.2) is 45.4 Å². The van der Waals surface area contributed by atoms with Crippen molar-refractivity contribution in [1.29, 1.82) is 0 Å². The lowest BCUT2D eigenvalue weighted by Gasteiger charge is -2.27. The molecule has 6 heteroatoms. The van der Waals surface area contributed by atoms with Crippen LogP contribution in [0.5, 0.6) is 0 Å². The second-order valence-electron chi connectivity index (χ2n) is 7.18. The number of hydrogen-bond donors (Lipinski definition) is 1. The maximum absolute atomic E-state index is 13.0. The summed E-state index contributed by atoms with van der Waals surface area (Å²) in [4.78, 5) is 29.0. The molecule has 0 unspecified atom stereocenters. The predicted molar refractivity (Wildman–Crippen MR) is 109 cm³/mol. The van der Waals surface area contributed by atoms with E-state index in [0.717, 1.165) is 24.1 Å². The Morgan fingerprint density at radius 3 is 2.57 bits per heavy atom. The Morgan fingerprint density at radius 1 is 1.21 bits per heavy atom. The number of carbonyl (C=O) groups excluding carboxylic acids is 2. The molecule has 0 bridgehead atoms. The van der Waals surface area contributed by atoms with Crippen LogP contribution in [0.15, 0.2) is 61.3 Å². The molecule has 148 valence electrons. The van der Waals surface area contributed by atoms with Crippen LogP contribution in [0.3, 0.4) is 0 Å². The summed E-state index contributed by atoms with van der Waals surface area (Å²) in [5.41, 5.74) is 2.10. The number of benzene rings is 1. The Kier molecular flexibility index (Phi) is 6.53. The van der Waals surface area contributed by atoms with Crippen LogP contribution in [0.25, 0.3) is 0 Å². The van der Waals surface area contributed by atoms with Crippen LogP contribution < -0.4 is 5.32 Å². The number of nitrogens with zero attached hydrogens (tertiary/aromatic N) is 3. The standard InChI is InChI=1S/C22H28N4O2/c1-3-13-25(22(28)23-15-18-8-5-4-6-9-18)17-21(27)26(19-11-12-19)16-20-10-7-14-24(20)2/h3-10,14,19H,1,11-13,15-17H2,2H3,(H,23,28). The average molecular weight is 380 g/mol. The van der Waals surface area contributed by atoms with Gasteiger partial charge in [-0.1, -0.05) is 36.4 Å². The number of aryl methyl sites for hydroxylation is 1. The van der Waals surface area contributed by atoms with Gasteiger partial charge in [0.05, 0.1) is 6.54 Å². The number of amides is 3. The molecule has 1 aromatic heterocycles. The fourth-order valence-electron chi connectivity index (χ4n) is 3.16. The summed E-state index contributed by atoms with van der Waals surface area (Å²) < 4.78 is 2.02. The Labute approximate surface area is 166 Å². The zero-order valence-corrected chi connectivity index (χ0v) is 16.4. The van der Waals surface area contributed by atoms with Gasteiger partial charge in [-0.05, 0) is 30.5 Å². The highest BCUT2D eigenvalue weighted by atomic mass is 16.2. The van der Waals surface area contributed by atoms with E-state index in [9.17, 15) is 9.59 Å². The number of urea groups is 1. The van der Waals surface area contributed by atoms with Gasteiger partial charge in [0.1, 0.15) is 6.54 Å². The van der Waals surface area contributed by atoms with Gasteiger partial charge in [0.15, 0.2) is 0 Å². The summed E-state index contributed by atoms with van der Waals surface area (Å²) in [5, 5.41) is 2.89. The largest absolute Gasteiger partial charge is 0.353 e. The average Bonchev–Trinajstić information content (AvgIpc) is 3.46. The highest BCUT2D eigenvalue weighted by Crippen LogP contribution is 2.28. The fraction of sp³-hybridized carbons (Fsp3) is 0.364. The lowest BCUT2D eigenvalue weighted by Crippen LogP contribution is -2.47. The smallest absolute Gasteiger partial charge is 0.318 e. The number of carbonyl (C=O) groups is 2. The number of nitrogens with one attached hydrogen (secondary N) is 1. The number of hydrogen-bond acceptors (Lipinski definition) is 2. The second kappa shape index (κ2) is 9.26. The van der Waals surface area contributed by atoms with Crippen molar-refractivity contribution in [3.05, 3.63) is 72.6 Å². The quantitative estimate of drug-likeness (QED) is 0.680. The maximum Gasteiger partial charge on any atom is 0.318 e. The summed E-state index contributed by atoms with van der Waals surface area (Å²) >= 11 is 0. The molecular weight excluding hydrogens is 352 g/mol. The lowest BCUT2D eigenvalue weighted by molar-refractivity contribution is -0.133. The van der Waals surface area contributed by atoms with E-state index in [1.807, 2.05) is 65.2 Å². The molecule has 3 amide bonds. The normalized spacial score (nSPS) is 13.0. The van der Waals surface area contributed by atoms with Crippen molar-refractivity contribution in [2.24, 2.45) is 7.05 Å². The molecule has 1 saturated carbocycles. The first-order valence-electron chi connectivity index (χ1n) is 9.65. The summed E-state index contributed by atoms with van der Waals surface area (Å²) in [6.07, 6.45) is 5.68. The molecule has 1 aromatic carbocycles. The minimum absolute atomic E-state index is 0.0274. The molecule has 0 radical (unpaired) electrons. The minimum atomic E-state index is -0.258. The molecule has 0 aliphatic heterocycles. The van der Waals surface area contributed by atoms with E-state index >= 15 is 0 Å². The van der Waals surface area contributed by atoms with Gasteiger partial charge in [0.25, 0.3) is 0 Å². The molecule has 6 nitrogen and oxygen atoms in total. The van der Waals surface area contributed by atoms with Gasteiger partial charge >= 0.3 is 6.03 Å². The van der Waals surface area contributed by atoms with E-state index in [2.05, 4.69) is 11.9 Å². The molecule has 0 spiro atoms. The molecule has 2 aromatic rings. The molecular formula is C22H28N4O2. The zero-order valence-electron chi connectivity index (χ0n) is 16.4. The Morgan fingerprint density at radius 2 is 1.96 bits per heavy atom. The van der Waals surface area contributed by atoms with E-state index in [4.69, 9.17) is 0 Å². The topological polar surface area (TPSA) is 57.6 Å². The van der Waals surface area contributed by atoms with Crippen LogP contribution in [0.2, 0.25) is 0 Å². The monoisotopic (exact) mass is 380 g/mol. The third-order valence-corrected chi connectivity index (χ3v) is 4.94. The minimum Gasteiger partial charge on any atom is -0.353 e. The molecule has 3 rings (SSSR count). The van der Waals surface area contributed by atoms with Crippen molar-refractivity contribution >= 4 is 11.9 Å². The van der Waals surface area contributed by atoms with Crippen LogP contribution in [0.1, 0.15) is 24.1 Å². The third kappa shape index (κ3) is 5.25. The first-order chi connectivity index (χ1) is 13.6. The summed E-state index contributed by atoms with van der Waals surface area (Å²) in [6.45, 7) is 5.10. The Hall–Kier alpha value is -3.02. The molecule has 1 aliphatic carbocycles. The summed E-state index contributed by atoms with van der Waals surface area (Å²) in [5.74, 6) is -0.0274. The molecule has 28 heavy (non-hydrogen) atoms. The van der Waals surface area contributed by atoms with Gasteiger partial charge < -0.3 is 19.7 Å². The van der Waals surface area contributed by atoms with Crippen molar-refractivity contribution in [2.45, 2.75) is 32.0 Å². The number of aromatic nitrogens is 1. The van der Waals surface area contributed by atoms with Gasteiger partial charge in [0.2, 0.25) is 5.91 Å². The molecule has 0 atom stereocenters. The van der Waals surface area contributed by atoms with Crippen LogP contribution >= 0.6 is 0 Å². The lowest BCUT2D eigenvalue weighted by atomic mass is 10.2. The van der Waals surface area contributed by atoms with Crippen molar-refractivity contribution in [3.8, 4) is 0 Å². The SMILES string of the molecule is C=CCN(CC(=O)N(Cc1cccn1C)C1CC1)C(=O)NCc1ccccc1. The van der Waals surface area contributed by atoms with Crippen molar-refractivity contribution < 1.29 is 9.59 Å². The van der Waals surface area contributed by atoms with Gasteiger partial charge in [-0.3, -0.25) is 4.79 Å².